The SMILES string of the molecule is CCOC(=O)C1=C(C)N(C)C(=O)N[C@H]1c1ccc(OCCOc2ccccc2Cl)c(OC)c1. The van der Waals surface area contributed by atoms with E-state index in [-0.39, 0.29) is 25.9 Å². The molecule has 1 atom stereocenters. The third kappa shape index (κ3) is 5.51. The fourth-order valence-electron chi connectivity index (χ4n) is 3.41. The summed E-state index contributed by atoms with van der Waals surface area (Å²) >= 11 is 6.09. The molecule has 2 aromatic carbocycles. The zero-order valence-corrected chi connectivity index (χ0v) is 19.8. The maximum absolute atomic E-state index is 12.6. The van der Waals surface area contributed by atoms with Gasteiger partial charge in [0.2, 0.25) is 0 Å². The Balaban J connectivity index is 1.77. The summed E-state index contributed by atoms with van der Waals surface area (Å²) < 4.78 is 22.2. The van der Waals surface area contributed by atoms with Gasteiger partial charge in [-0.3, -0.25) is 0 Å². The van der Waals surface area contributed by atoms with Crippen LogP contribution in [-0.4, -0.2) is 50.9 Å². The fourth-order valence-corrected chi connectivity index (χ4v) is 3.60. The largest absolute Gasteiger partial charge is 0.493 e. The molecule has 3 rings (SSSR count). The molecule has 176 valence electrons. The first-order chi connectivity index (χ1) is 15.9. The second kappa shape index (κ2) is 11.0. The quantitative estimate of drug-likeness (QED) is 0.430. The van der Waals surface area contributed by atoms with E-state index in [0.29, 0.717) is 39.1 Å². The first kappa shape index (κ1) is 24.3. The molecule has 0 spiro atoms. The molecule has 0 aromatic heterocycles. The molecule has 0 unspecified atom stereocenters. The molecule has 0 radical (unpaired) electrons. The van der Waals surface area contributed by atoms with Gasteiger partial charge in [0.15, 0.2) is 11.5 Å². The van der Waals surface area contributed by atoms with Crippen LogP contribution in [0.25, 0.3) is 0 Å². The smallest absolute Gasteiger partial charge is 0.338 e. The van der Waals surface area contributed by atoms with Gasteiger partial charge in [0.1, 0.15) is 19.0 Å². The summed E-state index contributed by atoms with van der Waals surface area (Å²) in [6, 6.07) is 11.4. The number of esters is 1. The van der Waals surface area contributed by atoms with Gasteiger partial charge in [0.25, 0.3) is 0 Å². The molecule has 0 saturated carbocycles. The number of hydrogen-bond donors (Lipinski definition) is 1. The van der Waals surface area contributed by atoms with Crippen molar-refractivity contribution in [1.29, 1.82) is 0 Å². The Morgan fingerprint density at radius 1 is 1.09 bits per heavy atom. The average Bonchev–Trinajstić information content (AvgIpc) is 2.81. The molecule has 0 saturated heterocycles. The number of ether oxygens (including phenoxy) is 4. The van der Waals surface area contributed by atoms with Gasteiger partial charge in [0.05, 0.1) is 30.4 Å². The van der Waals surface area contributed by atoms with E-state index in [2.05, 4.69) is 5.32 Å². The number of allylic oxidation sites excluding steroid dienone is 1. The second-order valence-corrected chi connectivity index (χ2v) is 7.61. The monoisotopic (exact) mass is 474 g/mol. The zero-order valence-electron chi connectivity index (χ0n) is 19.0. The van der Waals surface area contributed by atoms with Crippen molar-refractivity contribution in [2.75, 3.05) is 34.0 Å². The van der Waals surface area contributed by atoms with Crippen LogP contribution in [0.1, 0.15) is 25.5 Å². The summed E-state index contributed by atoms with van der Waals surface area (Å²) in [7, 11) is 3.12. The highest BCUT2D eigenvalue weighted by atomic mass is 35.5. The molecule has 0 aliphatic carbocycles. The van der Waals surface area contributed by atoms with Gasteiger partial charge < -0.3 is 29.2 Å². The number of carbonyl (C=O) groups excluding carboxylic acids is 2. The lowest BCUT2D eigenvalue weighted by Crippen LogP contribution is -2.46. The van der Waals surface area contributed by atoms with Gasteiger partial charge in [-0.25, -0.2) is 9.59 Å². The van der Waals surface area contributed by atoms with E-state index < -0.39 is 12.0 Å². The third-order valence-corrected chi connectivity index (χ3v) is 5.52. The number of para-hydroxylation sites is 1. The molecule has 9 heteroatoms. The highest BCUT2D eigenvalue weighted by Crippen LogP contribution is 2.36. The Morgan fingerprint density at radius 2 is 1.79 bits per heavy atom. The van der Waals surface area contributed by atoms with Crippen molar-refractivity contribution >= 4 is 23.6 Å². The molecule has 1 heterocycles. The van der Waals surface area contributed by atoms with Crippen molar-refractivity contribution in [3.63, 3.8) is 0 Å². The maximum atomic E-state index is 12.6. The molecular weight excluding hydrogens is 448 g/mol. The van der Waals surface area contributed by atoms with Crippen LogP contribution in [-0.2, 0) is 9.53 Å². The maximum Gasteiger partial charge on any atom is 0.338 e. The molecule has 1 N–H and O–H groups in total. The molecule has 1 aliphatic rings. The van der Waals surface area contributed by atoms with E-state index in [1.807, 2.05) is 12.1 Å². The van der Waals surface area contributed by atoms with Crippen molar-refractivity contribution in [2.45, 2.75) is 19.9 Å². The lowest BCUT2D eigenvalue weighted by Gasteiger charge is -2.33. The Hall–Kier alpha value is -3.39. The van der Waals surface area contributed by atoms with E-state index >= 15 is 0 Å². The number of urea groups is 1. The minimum atomic E-state index is -0.681. The summed E-state index contributed by atoms with van der Waals surface area (Å²) in [5.41, 5.74) is 1.55. The predicted molar refractivity (Wildman–Crippen MR) is 124 cm³/mol. The number of halogens is 1. The third-order valence-electron chi connectivity index (χ3n) is 5.21. The predicted octanol–water partition coefficient (Wildman–Crippen LogP) is 4.34. The van der Waals surface area contributed by atoms with Crippen molar-refractivity contribution in [1.82, 2.24) is 10.2 Å². The van der Waals surface area contributed by atoms with E-state index in [9.17, 15) is 9.59 Å². The van der Waals surface area contributed by atoms with Crippen molar-refractivity contribution in [3.05, 3.63) is 64.3 Å². The molecule has 33 heavy (non-hydrogen) atoms. The van der Waals surface area contributed by atoms with Crippen LogP contribution >= 0.6 is 11.6 Å². The lowest BCUT2D eigenvalue weighted by atomic mass is 9.94. The first-order valence-corrected chi connectivity index (χ1v) is 10.8. The van der Waals surface area contributed by atoms with E-state index in [1.54, 1.807) is 51.2 Å². The number of amides is 2. The van der Waals surface area contributed by atoms with Crippen LogP contribution in [0, 0.1) is 0 Å². The van der Waals surface area contributed by atoms with Gasteiger partial charge in [-0.05, 0) is 43.7 Å². The first-order valence-electron chi connectivity index (χ1n) is 10.5. The van der Waals surface area contributed by atoms with Crippen LogP contribution in [0.2, 0.25) is 5.02 Å². The highest BCUT2D eigenvalue weighted by molar-refractivity contribution is 6.32. The van der Waals surface area contributed by atoms with E-state index in [1.165, 1.54) is 12.0 Å². The van der Waals surface area contributed by atoms with Gasteiger partial charge >= 0.3 is 12.0 Å². The second-order valence-electron chi connectivity index (χ2n) is 7.20. The van der Waals surface area contributed by atoms with Crippen LogP contribution < -0.4 is 19.5 Å². The summed E-state index contributed by atoms with van der Waals surface area (Å²) in [5.74, 6) is 1.06. The Bertz CT molecular complexity index is 1060. The molecule has 0 bridgehead atoms. The number of benzene rings is 2. The van der Waals surface area contributed by atoms with Gasteiger partial charge in [-0.2, -0.15) is 0 Å². The Morgan fingerprint density at radius 3 is 2.45 bits per heavy atom. The lowest BCUT2D eigenvalue weighted by molar-refractivity contribution is -0.139. The summed E-state index contributed by atoms with van der Waals surface area (Å²) in [6.45, 7) is 4.23. The van der Waals surface area contributed by atoms with Crippen LogP contribution in [0.15, 0.2) is 53.7 Å². The van der Waals surface area contributed by atoms with Crippen LogP contribution in [0.3, 0.4) is 0 Å². The average molecular weight is 475 g/mol. The summed E-state index contributed by atoms with van der Waals surface area (Å²) in [6.07, 6.45) is 0. The van der Waals surface area contributed by atoms with Gasteiger partial charge in [-0.15, -0.1) is 0 Å². The molecule has 1 aliphatic heterocycles. The Labute approximate surface area is 198 Å². The van der Waals surface area contributed by atoms with Crippen LogP contribution in [0.4, 0.5) is 4.79 Å². The molecule has 2 amide bonds. The highest BCUT2D eigenvalue weighted by Gasteiger charge is 2.35. The molecule has 8 nitrogen and oxygen atoms in total. The van der Waals surface area contributed by atoms with Crippen molar-refractivity contribution in [2.24, 2.45) is 0 Å². The minimum absolute atomic E-state index is 0.229. The van der Waals surface area contributed by atoms with Gasteiger partial charge in [-0.1, -0.05) is 29.8 Å². The van der Waals surface area contributed by atoms with E-state index in [0.717, 1.165) is 0 Å². The number of hydrogen-bond acceptors (Lipinski definition) is 6. The topological polar surface area (TPSA) is 86.3 Å². The number of nitrogens with zero attached hydrogens (tertiary/aromatic N) is 1. The summed E-state index contributed by atoms with van der Waals surface area (Å²) in [5, 5.41) is 3.38. The number of methoxy groups -OCH3 is 1. The number of carbonyl (C=O) groups is 2. The van der Waals surface area contributed by atoms with Crippen LogP contribution in [0.5, 0.6) is 17.2 Å². The van der Waals surface area contributed by atoms with Crippen molar-refractivity contribution in [3.8, 4) is 17.2 Å². The summed E-state index contributed by atoms with van der Waals surface area (Å²) in [4.78, 5) is 26.4. The minimum Gasteiger partial charge on any atom is -0.493 e. The molecule has 2 aromatic rings. The molecule has 0 fully saturated rings. The molecular formula is C24H27ClN2O6. The standard InChI is InChI=1S/C24H27ClN2O6/c1-5-31-23(28)21-15(2)27(3)24(29)26-22(21)16-10-11-19(20(14-16)30-4)33-13-12-32-18-9-7-6-8-17(18)25/h6-11,14,22H,5,12-13H2,1-4H3,(H,26,29)/t22-/m0/s1. The Kier molecular flexibility index (Phi) is 8.06. The van der Waals surface area contributed by atoms with Gasteiger partial charge in [0, 0.05) is 12.7 Å². The zero-order chi connectivity index (χ0) is 24.0. The number of rotatable bonds is 9. The van der Waals surface area contributed by atoms with E-state index in [4.69, 9.17) is 30.5 Å². The van der Waals surface area contributed by atoms with Crippen molar-refractivity contribution < 1.29 is 28.5 Å². The normalized spacial score (nSPS) is 15.7. The fraction of sp³-hybridized carbons (Fsp3) is 0.333. The number of nitrogens with one attached hydrogen (secondary N) is 1.